The third-order valence-electron chi connectivity index (χ3n) is 3.50. The van der Waals surface area contributed by atoms with Crippen LogP contribution in [0.3, 0.4) is 0 Å². The Morgan fingerprint density at radius 2 is 1.73 bits per heavy atom. The topological polar surface area (TPSA) is 78.2 Å². The Kier molecular flexibility index (Phi) is 5.09. The lowest BCUT2D eigenvalue weighted by Crippen LogP contribution is -2.32. The molecule has 0 saturated heterocycles. The fourth-order valence-corrected chi connectivity index (χ4v) is 3.50. The molecule has 0 radical (unpaired) electrons. The summed E-state index contributed by atoms with van der Waals surface area (Å²) in [5.74, 6) is -0.516. The first kappa shape index (κ1) is 18.2. The SMILES string of the molecule is CC(C)(C)C1=CC(C=CC#N)C(=S(=O)=O)C(C(C)(C)C)=C1O. The Hall–Kier alpha value is -1.80. The summed E-state index contributed by atoms with van der Waals surface area (Å²) in [7, 11) is -2.48. The number of nitriles is 1. The molecule has 0 aromatic heterocycles. The van der Waals surface area contributed by atoms with E-state index in [1.807, 2.05) is 47.6 Å². The van der Waals surface area contributed by atoms with Crippen LogP contribution in [0.15, 0.2) is 35.1 Å². The van der Waals surface area contributed by atoms with Gasteiger partial charge in [-0.25, -0.2) is 0 Å². The van der Waals surface area contributed by atoms with Crippen LogP contribution in [0.2, 0.25) is 0 Å². The van der Waals surface area contributed by atoms with E-state index in [1.54, 1.807) is 12.2 Å². The Morgan fingerprint density at radius 1 is 1.18 bits per heavy atom. The highest BCUT2D eigenvalue weighted by Crippen LogP contribution is 2.42. The molecule has 5 heteroatoms. The van der Waals surface area contributed by atoms with Crippen molar-refractivity contribution in [2.24, 2.45) is 16.7 Å². The molecule has 1 aliphatic carbocycles. The van der Waals surface area contributed by atoms with Crippen molar-refractivity contribution in [1.29, 1.82) is 5.26 Å². The van der Waals surface area contributed by atoms with Gasteiger partial charge in [0.2, 0.25) is 10.3 Å². The van der Waals surface area contributed by atoms with Crippen LogP contribution in [0, 0.1) is 28.1 Å². The van der Waals surface area contributed by atoms with Gasteiger partial charge in [0, 0.05) is 17.6 Å². The molecule has 0 aromatic rings. The molecule has 0 fully saturated rings. The van der Waals surface area contributed by atoms with Crippen molar-refractivity contribution >= 4 is 15.2 Å². The van der Waals surface area contributed by atoms with Gasteiger partial charge < -0.3 is 5.11 Å². The van der Waals surface area contributed by atoms with Crippen molar-refractivity contribution in [1.82, 2.24) is 0 Å². The van der Waals surface area contributed by atoms with E-state index in [0.717, 1.165) is 0 Å². The lowest BCUT2D eigenvalue weighted by molar-refractivity contribution is 0.354. The molecule has 0 heterocycles. The summed E-state index contributed by atoms with van der Waals surface area (Å²) in [6.07, 6.45) is 4.55. The van der Waals surface area contributed by atoms with Crippen LogP contribution in [0.4, 0.5) is 0 Å². The van der Waals surface area contributed by atoms with E-state index >= 15 is 0 Å². The minimum absolute atomic E-state index is 0.0285. The maximum Gasteiger partial charge on any atom is 0.218 e. The second kappa shape index (κ2) is 6.13. The molecule has 0 spiro atoms. The van der Waals surface area contributed by atoms with Gasteiger partial charge in [0.1, 0.15) is 5.76 Å². The molecule has 0 saturated carbocycles. The summed E-state index contributed by atoms with van der Waals surface area (Å²) in [5, 5.41) is 19.4. The molecular formula is C17H23NO3S. The molecule has 0 amide bonds. The summed E-state index contributed by atoms with van der Waals surface area (Å²) < 4.78 is 23.5. The number of hydrogen-bond donors (Lipinski definition) is 1. The number of aliphatic hydroxyl groups is 1. The fraction of sp³-hybridized carbons (Fsp3) is 0.529. The Balaban J connectivity index is 3.82. The quantitative estimate of drug-likeness (QED) is 0.591. The van der Waals surface area contributed by atoms with Crippen LogP contribution in [0.1, 0.15) is 41.5 Å². The van der Waals surface area contributed by atoms with E-state index in [1.165, 1.54) is 6.08 Å². The molecule has 0 aliphatic heterocycles. The monoisotopic (exact) mass is 321 g/mol. The lowest BCUT2D eigenvalue weighted by Gasteiger charge is -2.35. The average molecular weight is 321 g/mol. The molecule has 0 aromatic carbocycles. The molecular weight excluding hydrogens is 298 g/mol. The number of aliphatic hydroxyl groups excluding tert-OH is 1. The van der Waals surface area contributed by atoms with E-state index in [4.69, 9.17) is 5.26 Å². The minimum Gasteiger partial charge on any atom is -0.507 e. The van der Waals surface area contributed by atoms with E-state index in [-0.39, 0.29) is 16.0 Å². The van der Waals surface area contributed by atoms with Crippen molar-refractivity contribution in [3.8, 4) is 6.07 Å². The third kappa shape index (κ3) is 3.69. The highest BCUT2D eigenvalue weighted by atomic mass is 32.2. The normalized spacial score (nSPS) is 20.1. The van der Waals surface area contributed by atoms with Crippen LogP contribution in [0.25, 0.3) is 0 Å². The van der Waals surface area contributed by atoms with Crippen LogP contribution in [-0.2, 0) is 10.3 Å². The second-order valence-electron chi connectivity index (χ2n) is 7.42. The molecule has 1 rings (SSSR count). The molecule has 22 heavy (non-hydrogen) atoms. The van der Waals surface area contributed by atoms with Crippen LogP contribution in [-0.4, -0.2) is 18.4 Å². The first-order valence-corrected chi connectivity index (χ1v) is 8.18. The predicted molar refractivity (Wildman–Crippen MR) is 88.8 cm³/mol. The van der Waals surface area contributed by atoms with Gasteiger partial charge in [-0.1, -0.05) is 53.7 Å². The molecule has 1 N–H and O–H groups in total. The van der Waals surface area contributed by atoms with Gasteiger partial charge >= 0.3 is 0 Å². The van der Waals surface area contributed by atoms with Gasteiger partial charge in [-0.15, -0.1) is 0 Å². The predicted octanol–water partition coefficient (Wildman–Crippen LogP) is 3.58. The van der Waals surface area contributed by atoms with Crippen molar-refractivity contribution in [3.63, 3.8) is 0 Å². The Labute approximate surface area is 134 Å². The maximum absolute atomic E-state index is 11.8. The van der Waals surface area contributed by atoms with Crippen LogP contribution in [0.5, 0.6) is 0 Å². The maximum atomic E-state index is 11.8. The summed E-state index contributed by atoms with van der Waals surface area (Å²) in [4.78, 5) is 0.129. The molecule has 1 atom stereocenters. The van der Waals surface area contributed by atoms with E-state index in [9.17, 15) is 13.5 Å². The average Bonchev–Trinajstić information content (AvgIpc) is 2.33. The number of rotatable bonds is 1. The standard InChI is InChI=1S/C17H23NO3S/c1-16(2,3)12-10-11(8-7-9-18)15(22(20)21)13(14(12)19)17(4,5)6/h7-8,10-11,19H,1-6H3. The molecule has 1 unspecified atom stereocenters. The summed E-state index contributed by atoms with van der Waals surface area (Å²) >= 11 is 0. The highest BCUT2D eigenvalue weighted by Gasteiger charge is 2.37. The third-order valence-corrected chi connectivity index (χ3v) is 4.34. The highest BCUT2D eigenvalue weighted by molar-refractivity contribution is 7.73. The largest absolute Gasteiger partial charge is 0.507 e. The zero-order valence-corrected chi connectivity index (χ0v) is 14.7. The Bertz CT molecular complexity index is 722. The first-order valence-electron chi connectivity index (χ1n) is 7.10. The zero-order valence-electron chi connectivity index (χ0n) is 13.9. The van der Waals surface area contributed by atoms with E-state index in [0.29, 0.717) is 11.1 Å². The van der Waals surface area contributed by atoms with Gasteiger partial charge in [-0.05, 0) is 16.4 Å². The van der Waals surface area contributed by atoms with Crippen molar-refractivity contribution in [2.75, 3.05) is 0 Å². The molecule has 4 nitrogen and oxygen atoms in total. The summed E-state index contributed by atoms with van der Waals surface area (Å²) in [5.41, 5.74) is 0.234. The van der Waals surface area contributed by atoms with Gasteiger partial charge in [-0.2, -0.15) is 13.7 Å². The number of nitrogens with zero attached hydrogens (tertiary/aromatic N) is 1. The van der Waals surface area contributed by atoms with Gasteiger partial charge in [0.25, 0.3) is 0 Å². The zero-order chi connectivity index (χ0) is 17.3. The van der Waals surface area contributed by atoms with Crippen molar-refractivity contribution < 1.29 is 13.5 Å². The summed E-state index contributed by atoms with van der Waals surface area (Å²) in [6, 6.07) is 1.89. The molecule has 120 valence electrons. The van der Waals surface area contributed by atoms with E-state index in [2.05, 4.69) is 0 Å². The summed E-state index contributed by atoms with van der Waals surface area (Å²) in [6.45, 7) is 11.5. The van der Waals surface area contributed by atoms with Gasteiger partial charge in [-0.3, -0.25) is 0 Å². The molecule has 0 bridgehead atoms. The molecule has 1 aliphatic rings. The second-order valence-corrected chi connectivity index (χ2v) is 8.33. The first-order chi connectivity index (χ1) is 9.91. The van der Waals surface area contributed by atoms with Crippen LogP contribution < -0.4 is 0 Å². The van der Waals surface area contributed by atoms with Gasteiger partial charge in [0.15, 0.2) is 0 Å². The fourth-order valence-electron chi connectivity index (χ4n) is 2.57. The minimum atomic E-state index is -2.48. The lowest BCUT2D eigenvalue weighted by atomic mass is 9.71. The van der Waals surface area contributed by atoms with Crippen molar-refractivity contribution in [3.05, 3.63) is 35.1 Å². The van der Waals surface area contributed by atoms with Gasteiger partial charge in [0.05, 0.1) is 10.9 Å². The van der Waals surface area contributed by atoms with Crippen molar-refractivity contribution in [2.45, 2.75) is 41.5 Å². The van der Waals surface area contributed by atoms with Crippen LogP contribution >= 0.6 is 0 Å². The smallest absolute Gasteiger partial charge is 0.218 e. The number of allylic oxidation sites excluding steroid dienone is 5. The number of hydrogen-bond acceptors (Lipinski definition) is 4. The Morgan fingerprint density at radius 3 is 2.09 bits per heavy atom. The van der Waals surface area contributed by atoms with E-state index < -0.39 is 21.6 Å².